The highest BCUT2D eigenvalue weighted by atomic mass is 19.4. The summed E-state index contributed by atoms with van der Waals surface area (Å²) in [5.74, 6) is 0.779. The van der Waals surface area contributed by atoms with Gasteiger partial charge in [-0.25, -0.2) is 0 Å². The van der Waals surface area contributed by atoms with Crippen molar-refractivity contribution in [3.8, 4) is 5.75 Å². The molecule has 1 saturated heterocycles. The Labute approximate surface area is 116 Å². The third kappa shape index (κ3) is 4.38. The normalized spacial score (nSPS) is 19.8. The molecular weight excluding hydrogens is 271 g/mol. The molecule has 0 radical (unpaired) electrons. The minimum Gasteiger partial charge on any atom is -0.490 e. The van der Waals surface area contributed by atoms with Crippen LogP contribution in [0, 0.1) is 0 Å². The summed E-state index contributed by atoms with van der Waals surface area (Å²) in [4.78, 5) is 1.63. The van der Waals surface area contributed by atoms with E-state index < -0.39 is 12.3 Å². The van der Waals surface area contributed by atoms with Gasteiger partial charge in [0, 0.05) is 19.6 Å². The van der Waals surface area contributed by atoms with Crippen molar-refractivity contribution in [1.82, 2.24) is 4.90 Å². The molecule has 0 aliphatic carbocycles. The Bertz CT molecular complexity index is 403. The molecule has 1 aromatic carbocycles. The van der Waals surface area contributed by atoms with Crippen LogP contribution < -0.4 is 4.74 Å². The molecule has 1 heterocycles. The van der Waals surface area contributed by atoms with Crippen LogP contribution in [0.1, 0.15) is 12.8 Å². The number of halogens is 3. The first kappa shape index (κ1) is 15.1. The van der Waals surface area contributed by atoms with Crippen LogP contribution in [0.4, 0.5) is 13.2 Å². The van der Waals surface area contributed by atoms with Crippen molar-refractivity contribution >= 4 is 0 Å². The summed E-state index contributed by atoms with van der Waals surface area (Å²) in [5.41, 5.74) is 0. The van der Waals surface area contributed by atoms with Gasteiger partial charge in [0.15, 0.2) is 6.10 Å². The van der Waals surface area contributed by atoms with Crippen molar-refractivity contribution in [3.63, 3.8) is 0 Å². The highest BCUT2D eigenvalue weighted by Crippen LogP contribution is 2.23. The van der Waals surface area contributed by atoms with E-state index in [-0.39, 0.29) is 12.6 Å². The maximum Gasteiger partial charge on any atom is 0.415 e. The standard InChI is InChI=1S/C14H18F3NO2/c15-14(16,17)13(19)10-18-8-6-12(7-9-18)20-11-4-2-1-3-5-11/h1-5,12-13,19H,6-10H2/t13-/m1/s1. The summed E-state index contributed by atoms with van der Waals surface area (Å²) in [6.45, 7) is 0.650. The lowest BCUT2D eigenvalue weighted by molar-refractivity contribution is -0.208. The van der Waals surface area contributed by atoms with Gasteiger partial charge in [-0.05, 0) is 25.0 Å². The number of hydrogen-bond acceptors (Lipinski definition) is 3. The first-order valence-corrected chi connectivity index (χ1v) is 6.64. The first-order valence-electron chi connectivity index (χ1n) is 6.64. The minimum atomic E-state index is -4.54. The average Bonchev–Trinajstić information content (AvgIpc) is 2.41. The highest BCUT2D eigenvalue weighted by molar-refractivity contribution is 5.21. The van der Waals surface area contributed by atoms with Crippen LogP contribution >= 0.6 is 0 Å². The van der Waals surface area contributed by atoms with Gasteiger partial charge in [-0.15, -0.1) is 0 Å². The maximum atomic E-state index is 12.3. The number of hydrogen-bond donors (Lipinski definition) is 1. The van der Waals surface area contributed by atoms with Gasteiger partial charge in [0.25, 0.3) is 0 Å². The van der Waals surface area contributed by atoms with E-state index in [1.54, 1.807) is 4.90 Å². The number of nitrogens with zero attached hydrogens (tertiary/aromatic N) is 1. The van der Waals surface area contributed by atoms with E-state index >= 15 is 0 Å². The molecule has 0 spiro atoms. The molecule has 2 rings (SSSR count). The van der Waals surface area contributed by atoms with Crippen molar-refractivity contribution < 1.29 is 23.0 Å². The largest absolute Gasteiger partial charge is 0.490 e. The predicted octanol–water partition coefficient (Wildman–Crippen LogP) is 2.45. The Hall–Kier alpha value is -1.27. The molecule has 0 saturated carbocycles. The quantitative estimate of drug-likeness (QED) is 0.924. The fraction of sp³-hybridized carbons (Fsp3) is 0.571. The molecule has 1 aliphatic rings. The predicted molar refractivity (Wildman–Crippen MR) is 68.6 cm³/mol. The van der Waals surface area contributed by atoms with Crippen LogP contribution in [0.15, 0.2) is 30.3 Å². The lowest BCUT2D eigenvalue weighted by atomic mass is 10.1. The Morgan fingerprint density at radius 1 is 1.20 bits per heavy atom. The number of aliphatic hydroxyl groups excluding tert-OH is 1. The molecule has 0 aromatic heterocycles. The second-order valence-corrected chi connectivity index (χ2v) is 4.99. The topological polar surface area (TPSA) is 32.7 Å². The van der Waals surface area contributed by atoms with Gasteiger partial charge in [-0.3, -0.25) is 0 Å². The summed E-state index contributed by atoms with van der Waals surface area (Å²) in [5, 5.41) is 9.04. The third-order valence-corrected chi connectivity index (χ3v) is 3.39. The molecule has 1 aromatic rings. The summed E-state index contributed by atoms with van der Waals surface area (Å²) >= 11 is 0. The summed E-state index contributed by atoms with van der Waals surface area (Å²) < 4.78 is 42.6. The molecule has 20 heavy (non-hydrogen) atoms. The Kier molecular flexibility index (Phi) is 4.88. The van der Waals surface area contributed by atoms with E-state index in [0.717, 1.165) is 5.75 Å². The van der Waals surface area contributed by atoms with Crippen LogP contribution in [0.2, 0.25) is 0 Å². The lowest BCUT2D eigenvalue weighted by Crippen LogP contribution is -2.45. The van der Waals surface area contributed by atoms with E-state index in [2.05, 4.69) is 0 Å². The van der Waals surface area contributed by atoms with Crippen molar-refractivity contribution in [2.45, 2.75) is 31.2 Å². The lowest BCUT2D eigenvalue weighted by Gasteiger charge is -2.33. The number of alkyl halides is 3. The Balaban J connectivity index is 1.75. The van der Waals surface area contributed by atoms with Gasteiger partial charge in [0.2, 0.25) is 0 Å². The summed E-state index contributed by atoms with van der Waals surface area (Å²) in [6, 6.07) is 9.38. The number of para-hydroxylation sites is 1. The van der Waals surface area contributed by atoms with Crippen LogP contribution in [0.25, 0.3) is 0 Å². The summed E-state index contributed by atoms with van der Waals surface area (Å²) in [6.07, 6.45) is -5.46. The van der Waals surface area contributed by atoms with Crippen LogP contribution in [0.5, 0.6) is 5.75 Å². The smallest absolute Gasteiger partial charge is 0.415 e. The van der Waals surface area contributed by atoms with Gasteiger partial charge in [-0.2, -0.15) is 13.2 Å². The van der Waals surface area contributed by atoms with E-state index in [0.29, 0.717) is 25.9 Å². The zero-order valence-electron chi connectivity index (χ0n) is 11.0. The minimum absolute atomic E-state index is 0.0247. The van der Waals surface area contributed by atoms with Crippen LogP contribution in [-0.2, 0) is 0 Å². The molecule has 0 unspecified atom stereocenters. The zero-order valence-corrected chi connectivity index (χ0v) is 11.0. The fourth-order valence-corrected chi connectivity index (χ4v) is 2.25. The van der Waals surface area contributed by atoms with Gasteiger partial charge < -0.3 is 14.7 Å². The highest BCUT2D eigenvalue weighted by Gasteiger charge is 2.39. The van der Waals surface area contributed by atoms with Crippen LogP contribution in [-0.4, -0.2) is 48.0 Å². The molecule has 1 atom stereocenters. The number of piperidine rings is 1. The molecule has 112 valence electrons. The molecule has 1 fully saturated rings. The van der Waals surface area contributed by atoms with Gasteiger partial charge in [-0.1, -0.05) is 18.2 Å². The fourth-order valence-electron chi connectivity index (χ4n) is 2.25. The van der Waals surface area contributed by atoms with Gasteiger partial charge in [0.1, 0.15) is 11.9 Å². The molecule has 3 nitrogen and oxygen atoms in total. The van der Waals surface area contributed by atoms with E-state index in [1.807, 2.05) is 30.3 Å². The molecule has 1 aliphatic heterocycles. The van der Waals surface area contributed by atoms with Gasteiger partial charge in [0.05, 0.1) is 0 Å². The first-order chi connectivity index (χ1) is 9.45. The average molecular weight is 289 g/mol. The molecular formula is C14H18F3NO2. The maximum absolute atomic E-state index is 12.3. The number of aliphatic hydroxyl groups is 1. The third-order valence-electron chi connectivity index (χ3n) is 3.39. The number of ether oxygens (including phenoxy) is 1. The van der Waals surface area contributed by atoms with Crippen LogP contribution in [0.3, 0.4) is 0 Å². The number of rotatable bonds is 4. The van der Waals surface area contributed by atoms with Crippen molar-refractivity contribution in [2.75, 3.05) is 19.6 Å². The number of likely N-dealkylation sites (tertiary alicyclic amines) is 1. The zero-order chi connectivity index (χ0) is 14.6. The second-order valence-electron chi connectivity index (χ2n) is 4.99. The second kappa shape index (κ2) is 6.45. The Morgan fingerprint density at radius 2 is 1.80 bits per heavy atom. The number of benzene rings is 1. The SMILES string of the molecule is O[C@H](CN1CCC(Oc2ccccc2)CC1)C(F)(F)F. The van der Waals surface area contributed by atoms with Crippen molar-refractivity contribution in [3.05, 3.63) is 30.3 Å². The summed E-state index contributed by atoms with van der Waals surface area (Å²) in [7, 11) is 0. The number of β-amino-alcohol motifs (C(OH)–C–C–N with tert-alkyl or cyclic N) is 1. The van der Waals surface area contributed by atoms with E-state index in [9.17, 15) is 13.2 Å². The molecule has 1 N–H and O–H groups in total. The molecule has 6 heteroatoms. The van der Waals surface area contributed by atoms with E-state index in [4.69, 9.17) is 9.84 Å². The van der Waals surface area contributed by atoms with Crippen molar-refractivity contribution in [2.24, 2.45) is 0 Å². The Morgan fingerprint density at radius 3 is 2.35 bits per heavy atom. The molecule has 0 amide bonds. The van der Waals surface area contributed by atoms with Crippen molar-refractivity contribution in [1.29, 1.82) is 0 Å². The van der Waals surface area contributed by atoms with E-state index in [1.165, 1.54) is 0 Å². The van der Waals surface area contributed by atoms with Gasteiger partial charge >= 0.3 is 6.18 Å². The molecule has 0 bridgehead atoms. The monoisotopic (exact) mass is 289 g/mol.